The third-order valence-electron chi connectivity index (χ3n) is 2.47. The van der Waals surface area contributed by atoms with Crippen molar-refractivity contribution in [3.8, 4) is 0 Å². The first-order chi connectivity index (χ1) is 7.33. The molecule has 2 unspecified atom stereocenters. The Morgan fingerprint density at radius 1 is 1.00 bits per heavy atom. The van der Waals surface area contributed by atoms with E-state index >= 15 is 0 Å². The van der Waals surface area contributed by atoms with E-state index in [1.807, 2.05) is 0 Å². The first-order valence-electron chi connectivity index (χ1n) is 4.46. The molecule has 102 valence electrons. The maximum Gasteiger partial charge on any atom is 0.212 e. The summed E-state index contributed by atoms with van der Waals surface area (Å²) in [4.78, 5) is -1.69. The summed E-state index contributed by atoms with van der Waals surface area (Å²) < 4.78 is -0.438. The van der Waals surface area contributed by atoms with Gasteiger partial charge >= 0.3 is 0 Å². The molecule has 1 heterocycles. The van der Waals surface area contributed by atoms with E-state index in [2.05, 4.69) is 0 Å². The Morgan fingerprint density at radius 2 is 1.41 bits per heavy atom. The Hall–Kier alpha value is 2.28. The summed E-state index contributed by atoms with van der Waals surface area (Å²) >= 11 is 47.9. The highest BCUT2D eigenvalue weighted by Crippen LogP contribution is 2.61. The molecule has 0 aromatic carbocycles. The van der Waals surface area contributed by atoms with Crippen LogP contribution in [0.15, 0.2) is 0 Å². The third kappa shape index (κ3) is 3.49. The van der Waals surface area contributed by atoms with Crippen LogP contribution in [-0.4, -0.2) is 30.0 Å². The van der Waals surface area contributed by atoms with Crippen LogP contribution < -0.4 is 0 Å². The van der Waals surface area contributed by atoms with Gasteiger partial charge in [0.15, 0.2) is 8.67 Å². The molecule has 9 heteroatoms. The summed E-state index contributed by atoms with van der Waals surface area (Å²) in [5.41, 5.74) is 0. The Morgan fingerprint density at radius 3 is 1.71 bits per heavy atom. The van der Waals surface area contributed by atoms with Crippen molar-refractivity contribution >= 4 is 92.8 Å². The molecule has 17 heavy (non-hydrogen) atoms. The molecule has 1 aliphatic rings. The van der Waals surface area contributed by atoms with Crippen molar-refractivity contribution < 1.29 is 4.74 Å². The zero-order valence-electron chi connectivity index (χ0n) is 8.42. The van der Waals surface area contributed by atoms with Gasteiger partial charge in [-0.25, -0.2) is 0 Å². The van der Waals surface area contributed by atoms with E-state index in [4.69, 9.17) is 97.5 Å². The minimum Gasteiger partial charge on any atom is -0.373 e. The van der Waals surface area contributed by atoms with Crippen LogP contribution in [0, 0.1) is 0 Å². The highest BCUT2D eigenvalue weighted by Gasteiger charge is 2.66. The second kappa shape index (κ2) is 5.24. The maximum atomic E-state index is 6.14. The zero-order valence-corrected chi connectivity index (χ0v) is 14.5. The fourth-order valence-electron chi connectivity index (χ4n) is 1.12. The molecule has 1 fully saturated rings. The van der Waals surface area contributed by atoms with Gasteiger partial charge in [0, 0.05) is 6.42 Å². The molecule has 0 amide bonds. The molecule has 2 atom stereocenters. The summed E-state index contributed by atoms with van der Waals surface area (Å²) in [6, 6.07) is 0. The molecule has 0 spiro atoms. The van der Waals surface area contributed by atoms with Crippen LogP contribution in [-0.2, 0) is 4.74 Å². The topological polar surface area (TPSA) is 12.5 Å². The predicted molar refractivity (Wildman–Crippen MR) is 77.8 cm³/mol. The molecule has 1 rings (SSSR count). The van der Waals surface area contributed by atoms with Gasteiger partial charge in [-0.05, 0) is 6.92 Å². The van der Waals surface area contributed by atoms with Crippen molar-refractivity contribution in [1.29, 1.82) is 0 Å². The van der Waals surface area contributed by atoms with Crippen molar-refractivity contribution in [3.63, 3.8) is 0 Å². The van der Waals surface area contributed by atoms with Gasteiger partial charge in [0.25, 0.3) is 0 Å². The van der Waals surface area contributed by atoms with E-state index in [9.17, 15) is 0 Å². The van der Waals surface area contributed by atoms with Gasteiger partial charge < -0.3 is 4.74 Å². The molecule has 0 N–H and O–H groups in total. The Balaban J connectivity index is 2.98. The standard InChI is InChI=1S/C8H8Cl8O/c1-5(9,8(14,15)16)7(12,13)6(10,11)2-4-3-17-4/h4H,2-3H2,1H3. The molecule has 0 radical (unpaired) electrons. The van der Waals surface area contributed by atoms with E-state index in [1.165, 1.54) is 6.92 Å². The van der Waals surface area contributed by atoms with Gasteiger partial charge in [0.05, 0.1) is 12.7 Å². The average molecular weight is 404 g/mol. The van der Waals surface area contributed by atoms with Gasteiger partial charge in [-0.2, -0.15) is 0 Å². The van der Waals surface area contributed by atoms with Gasteiger partial charge in [-0.15, -0.1) is 11.6 Å². The van der Waals surface area contributed by atoms with Crippen LogP contribution >= 0.6 is 92.8 Å². The lowest BCUT2D eigenvalue weighted by atomic mass is 10.0. The first kappa shape index (κ1) is 17.3. The lowest BCUT2D eigenvalue weighted by Crippen LogP contribution is -2.58. The lowest BCUT2D eigenvalue weighted by molar-refractivity contribution is 0.369. The monoisotopic (exact) mass is 400 g/mol. The second-order valence-electron chi connectivity index (χ2n) is 3.94. The molecule has 0 saturated carbocycles. The molecule has 0 aromatic heterocycles. The summed E-state index contributed by atoms with van der Waals surface area (Å²) in [5, 5.41) is 0. The van der Waals surface area contributed by atoms with Gasteiger partial charge in [-0.3, -0.25) is 0 Å². The van der Waals surface area contributed by atoms with E-state index in [0.717, 1.165) is 0 Å². The molecule has 1 saturated heterocycles. The van der Waals surface area contributed by atoms with Crippen LogP contribution in [0.4, 0.5) is 0 Å². The van der Waals surface area contributed by atoms with E-state index in [-0.39, 0.29) is 12.5 Å². The predicted octanol–water partition coefficient (Wildman–Crippen LogP) is 5.49. The molecular formula is C8H8Cl8O. The lowest BCUT2D eigenvalue weighted by Gasteiger charge is -2.45. The van der Waals surface area contributed by atoms with Crippen molar-refractivity contribution in [2.24, 2.45) is 0 Å². The summed E-state index contributed by atoms with van der Waals surface area (Å²) in [7, 11) is 0. The van der Waals surface area contributed by atoms with Crippen molar-refractivity contribution in [1.82, 2.24) is 0 Å². The number of halogens is 8. The molecule has 1 nitrogen and oxygen atoms in total. The number of epoxide rings is 1. The summed E-state index contributed by atoms with van der Waals surface area (Å²) in [5.74, 6) is 0. The molecule has 0 aromatic rings. The van der Waals surface area contributed by atoms with Gasteiger partial charge in [-0.1, -0.05) is 81.2 Å². The smallest absolute Gasteiger partial charge is 0.212 e. The van der Waals surface area contributed by atoms with E-state index < -0.39 is 17.3 Å². The molecule has 0 bridgehead atoms. The fraction of sp³-hybridized carbons (Fsp3) is 1.00. The highest BCUT2D eigenvalue weighted by atomic mass is 35.6. The quantitative estimate of drug-likeness (QED) is 0.446. The fourth-order valence-corrected chi connectivity index (χ4v) is 3.25. The van der Waals surface area contributed by atoms with Crippen LogP contribution in [0.25, 0.3) is 0 Å². The van der Waals surface area contributed by atoms with E-state index in [0.29, 0.717) is 6.61 Å². The normalized spacial score (nSPS) is 25.6. The third-order valence-corrected chi connectivity index (χ3v) is 7.32. The van der Waals surface area contributed by atoms with Gasteiger partial charge in [0.2, 0.25) is 3.79 Å². The van der Waals surface area contributed by atoms with Crippen molar-refractivity contribution in [3.05, 3.63) is 0 Å². The van der Waals surface area contributed by atoms with Crippen molar-refractivity contribution in [2.75, 3.05) is 6.61 Å². The second-order valence-corrected chi connectivity index (χ2v) is 9.79. The average Bonchev–Trinajstić information content (AvgIpc) is 2.84. The maximum absolute atomic E-state index is 6.14. The summed E-state index contributed by atoms with van der Waals surface area (Å²) in [6.07, 6.45) is 0.0799. The molecular weight excluding hydrogens is 396 g/mol. The number of alkyl halides is 8. The minimum atomic E-state index is -1.95. The first-order valence-corrected chi connectivity index (χ1v) is 7.48. The van der Waals surface area contributed by atoms with E-state index in [1.54, 1.807) is 0 Å². The molecule has 0 aliphatic carbocycles. The minimum absolute atomic E-state index is 0.107. The number of hydrogen-bond donors (Lipinski definition) is 0. The highest BCUT2D eigenvalue weighted by molar-refractivity contribution is 6.74. The number of ether oxygens (including phenoxy) is 1. The van der Waals surface area contributed by atoms with Crippen LogP contribution in [0.1, 0.15) is 13.3 Å². The van der Waals surface area contributed by atoms with Crippen LogP contribution in [0.3, 0.4) is 0 Å². The summed E-state index contributed by atoms with van der Waals surface area (Å²) in [6.45, 7) is 1.90. The zero-order chi connectivity index (χ0) is 13.7. The van der Waals surface area contributed by atoms with Crippen molar-refractivity contribution in [2.45, 2.75) is 36.8 Å². The SMILES string of the molecule is CC(Cl)(C(Cl)(Cl)Cl)C(Cl)(Cl)C(Cl)(Cl)CC1CO1. The Labute approximate surface area is 140 Å². The van der Waals surface area contributed by atoms with Gasteiger partial charge in [0.1, 0.15) is 4.87 Å². The Kier molecular flexibility index (Phi) is 5.34. The number of rotatable bonds is 4. The number of hydrogen-bond acceptors (Lipinski definition) is 1. The Bertz CT molecular complexity index is 290. The van der Waals surface area contributed by atoms with Crippen LogP contribution in [0.2, 0.25) is 0 Å². The largest absolute Gasteiger partial charge is 0.373 e. The van der Waals surface area contributed by atoms with Crippen LogP contribution in [0.5, 0.6) is 0 Å². The molecule has 1 aliphatic heterocycles.